The SMILES string of the molecule is C=C(/C=C\C=C(\C)NC)c1ccccc1. The summed E-state index contributed by atoms with van der Waals surface area (Å²) in [6, 6.07) is 10.2. The molecular formula is C14H17N. The lowest BCUT2D eigenvalue weighted by Crippen LogP contribution is -2.00. The first-order chi connectivity index (χ1) is 7.24. The molecule has 15 heavy (non-hydrogen) atoms. The maximum Gasteiger partial charge on any atom is 0.00724 e. The minimum Gasteiger partial charge on any atom is -0.392 e. The van der Waals surface area contributed by atoms with Crippen LogP contribution in [0.25, 0.3) is 5.57 Å². The average molecular weight is 199 g/mol. The van der Waals surface area contributed by atoms with Crippen LogP contribution in [-0.4, -0.2) is 7.05 Å². The fraction of sp³-hybridized carbons (Fsp3) is 0.143. The molecule has 0 saturated heterocycles. The van der Waals surface area contributed by atoms with E-state index in [1.807, 2.05) is 50.4 Å². The number of hydrogen-bond acceptors (Lipinski definition) is 1. The standard InChI is InChI=1S/C14H17N/c1-12(8-7-9-13(2)15-3)14-10-5-4-6-11-14/h4-11,15H,1H2,2-3H3/b8-7-,13-9-. The van der Waals surface area contributed by atoms with Crippen molar-refractivity contribution in [3.05, 3.63) is 66.4 Å². The summed E-state index contributed by atoms with van der Waals surface area (Å²) in [5.74, 6) is 0. The number of benzene rings is 1. The van der Waals surface area contributed by atoms with Gasteiger partial charge in [-0.3, -0.25) is 0 Å². The van der Waals surface area contributed by atoms with Gasteiger partial charge in [-0.2, -0.15) is 0 Å². The summed E-state index contributed by atoms with van der Waals surface area (Å²) in [6.07, 6.45) is 6.03. The Balaban J connectivity index is 2.65. The molecule has 0 unspecified atom stereocenters. The molecule has 1 aromatic carbocycles. The Labute approximate surface area is 91.8 Å². The van der Waals surface area contributed by atoms with Crippen molar-refractivity contribution in [2.45, 2.75) is 6.92 Å². The van der Waals surface area contributed by atoms with E-state index in [9.17, 15) is 0 Å². The van der Waals surface area contributed by atoms with Crippen LogP contribution in [0, 0.1) is 0 Å². The number of allylic oxidation sites excluding steroid dienone is 5. The van der Waals surface area contributed by atoms with Gasteiger partial charge >= 0.3 is 0 Å². The summed E-state index contributed by atoms with van der Waals surface area (Å²) in [6.45, 7) is 6.03. The molecule has 1 heteroatoms. The average Bonchev–Trinajstić information content (AvgIpc) is 2.29. The maximum atomic E-state index is 4.01. The highest BCUT2D eigenvalue weighted by molar-refractivity contribution is 5.72. The first-order valence-electron chi connectivity index (χ1n) is 5.01. The molecule has 0 amide bonds. The molecule has 1 aromatic rings. The zero-order valence-electron chi connectivity index (χ0n) is 9.33. The van der Waals surface area contributed by atoms with Gasteiger partial charge in [0.05, 0.1) is 0 Å². The Morgan fingerprint density at radius 3 is 2.53 bits per heavy atom. The van der Waals surface area contributed by atoms with Crippen LogP contribution in [0.4, 0.5) is 0 Å². The topological polar surface area (TPSA) is 12.0 Å². The Hall–Kier alpha value is -1.76. The van der Waals surface area contributed by atoms with Gasteiger partial charge in [0.1, 0.15) is 0 Å². The van der Waals surface area contributed by atoms with Crippen LogP contribution in [0.2, 0.25) is 0 Å². The monoisotopic (exact) mass is 199 g/mol. The third-order valence-corrected chi connectivity index (χ3v) is 2.18. The quantitative estimate of drug-likeness (QED) is 0.733. The van der Waals surface area contributed by atoms with Gasteiger partial charge in [-0.25, -0.2) is 0 Å². The second kappa shape index (κ2) is 5.86. The van der Waals surface area contributed by atoms with Gasteiger partial charge in [0.15, 0.2) is 0 Å². The molecule has 1 rings (SSSR count). The van der Waals surface area contributed by atoms with Gasteiger partial charge < -0.3 is 5.32 Å². The highest BCUT2D eigenvalue weighted by Gasteiger charge is 1.90. The molecule has 0 aromatic heterocycles. The molecule has 1 N–H and O–H groups in total. The Kier molecular flexibility index (Phi) is 4.42. The normalized spacial score (nSPS) is 11.7. The van der Waals surface area contributed by atoms with Crippen LogP contribution < -0.4 is 5.32 Å². The molecule has 0 aliphatic rings. The summed E-state index contributed by atoms with van der Waals surface area (Å²) in [5.41, 5.74) is 3.31. The summed E-state index contributed by atoms with van der Waals surface area (Å²) < 4.78 is 0. The van der Waals surface area contributed by atoms with Crippen molar-refractivity contribution >= 4 is 5.57 Å². The van der Waals surface area contributed by atoms with Crippen molar-refractivity contribution < 1.29 is 0 Å². The molecule has 0 spiro atoms. The van der Waals surface area contributed by atoms with E-state index in [4.69, 9.17) is 0 Å². The zero-order chi connectivity index (χ0) is 11.1. The largest absolute Gasteiger partial charge is 0.392 e. The van der Waals surface area contributed by atoms with Gasteiger partial charge in [0.2, 0.25) is 0 Å². The summed E-state index contributed by atoms with van der Waals surface area (Å²) >= 11 is 0. The van der Waals surface area contributed by atoms with Gasteiger partial charge in [-0.15, -0.1) is 0 Å². The lowest BCUT2D eigenvalue weighted by atomic mass is 10.1. The van der Waals surface area contributed by atoms with Crippen molar-refractivity contribution in [2.24, 2.45) is 0 Å². The Morgan fingerprint density at radius 2 is 1.93 bits per heavy atom. The predicted octanol–water partition coefficient (Wildman–Crippen LogP) is 3.38. The van der Waals surface area contributed by atoms with Gasteiger partial charge in [-0.1, -0.05) is 49.1 Å². The number of rotatable bonds is 4. The molecule has 0 bridgehead atoms. The highest BCUT2D eigenvalue weighted by Crippen LogP contribution is 2.12. The summed E-state index contributed by atoms with van der Waals surface area (Å²) in [7, 11) is 1.91. The lowest BCUT2D eigenvalue weighted by Gasteiger charge is -1.98. The number of hydrogen-bond donors (Lipinski definition) is 1. The molecule has 1 nitrogen and oxygen atoms in total. The molecule has 0 heterocycles. The first-order valence-corrected chi connectivity index (χ1v) is 5.01. The zero-order valence-corrected chi connectivity index (χ0v) is 9.33. The van der Waals surface area contributed by atoms with E-state index in [1.54, 1.807) is 0 Å². The third kappa shape index (κ3) is 3.86. The van der Waals surface area contributed by atoms with Crippen LogP contribution in [0.1, 0.15) is 12.5 Å². The molecule has 78 valence electrons. The van der Waals surface area contributed by atoms with Crippen LogP contribution in [0.3, 0.4) is 0 Å². The first kappa shape index (κ1) is 11.3. The van der Waals surface area contributed by atoms with Crippen molar-refractivity contribution in [3.8, 4) is 0 Å². The van der Waals surface area contributed by atoms with E-state index in [0.29, 0.717) is 0 Å². The van der Waals surface area contributed by atoms with E-state index >= 15 is 0 Å². The van der Waals surface area contributed by atoms with Crippen molar-refractivity contribution in [3.63, 3.8) is 0 Å². The van der Waals surface area contributed by atoms with Crippen LogP contribution in [0.5, 0.6) is 0 Å². The molecule has 0 radical (unpaired) electrons. The molecule has 0 atom stereocenters. The molecule has 0 aliphatic carbocycles. The Bertz CT molecular complexity index is 372. The molecule has 0 aliphatic heterocycles. The van der Waals surface area contributed by atoms with E-state index in [2.05, 4.69) is 24.0 Å². The van der Waals surface area contributed by atoms with Crippen molar-refractivity contribution in [1.29, 1.82) is 0 Å². The van der Waals surface area contributed by atoms with Gasteiger partial charge in [0.25, 0.3) is 0 Å². The minimum atomic E-state index is 1.02. The highest BCUT2D eigenvalue weighted by atomic mass is 14.8. The van der Waals surface area contributed by atoms with Gasteiger partial charge in [-0.05, 0) is 24.1 Å². The molecular weight excluding hydrogens is 182 g/mol. The molecule has 0 saturated carbocycles. The Morgan fingerprint density at radius 1 is 1.27 bits per heavy atom. The molecule has 0 fully saturated rings. The lowest BCUT2D eigenvalue weighted by molar-refractivity contribution is 0.990. The summed E-state index contributed by atoms with van der Waals surface area (Å²) in [5, 5.41) is 3.06. The smallest absolute Gasteiger partial charge is 0.00724 e. The van der Waals surface area contributed by atoms with Gasteiger partial charge in [0, 0.05) is 12.7 Å². The van der Waals surface area contributed by atoms with Crippen LogP contribution in [0.15, 0.2) is 60.8 Å². The maximum absolute atomic E-state index is 4.01. The second-order valence-electron chi connectivity index (χ2n) is 3.35. The van der Waals surface area contributed by atoms with Crippen molar-refractivity contribution in [2.75, 3.05) is 7.05 Å². The fourth-order valence-electron chi connectivity index (χ4n) is 1.14. The van der Waals surface area contributed by atoms with E-state index in [0.717, 1.165) is 16.8 Å². The number of nitrogens with one attached hydrogen (secondary N) is 1. The van der Waals surface area contributed by atoms with E-state index in [1.165, 1.54) is 0 Å². The van der Waals surface area contributed by atoms with Crippen LogP contribution >= 0.6 is 0 Å². The third-order valence-electron chi connectivity index (χ3n) is 2.18. The minimum absolute atomic E-state index is 1.02. The summed E-state index contributed by atoms with van der Waals surface area (Å²) in [4.78, 5) is 0. The fourth-order valence-corrected chi connectivity index (χ4v) is 1.14. The van der Waals surface area contributed by atoms with E-state index in [-0.39, 0.29) is 0 Å². The van der Waals surface area contributed by atoms with E-state index < -0.39 is 0 Å². The van der Waals surface area contributed by atoms with Crippen LogP contribution in [-0.2, 0) is 0 Å². The second-order valence-corrected chi connectivity index (χ2v) is 3.35. The predicted molar refractivity (Wildman–Crippen MR) is 67.4 cm³/mol. The van der Waals surface area contributed by atoms with Crippen molar-refractivity contribution in [1.82, 2.24) is 5.32 Å².